The van der Waals surface area contributed by atoms with Crippen LogP contribution >= 0.6 is 50.3 Å². The first kappa shape index (κ1) is 14.7. The van der Waals surface area contributed by atoms with E-state index in [4.69, 9.17) is 0 Å². The molecular weight excluding hydrogens is 425 g/mol. The van der Waals surface area contributed by atoms with Gasteiger partial charge in [0.25, 0.3) is 5.91 Å². The van der Waals surface area contributed by atoms with Gasteiger partial charge in [-0.15, -0.1) is 0 Å². The van der Waals surface area contributed by atoms with Crippen LogP contribution in [-0.2, 0) is 0 Å². The highest BCUT2D eigenvalue weighted by atomic mass is 127. The zero-order chi connectivity index (χ0) is 13.1. The third-order valence-electron chi connectivity index (χ3n) is 3.24. The van der Waals surface area contributed by atoms with Crippen molar-refractivity contribution >= 4 is 56.2 Å². The molecule has 1 aromatic carbocycles. The second-order valence-corrected chi connectivity index (χ2v) is 7.56. The molecule has 0 saturated heterocycles. The van der Waals surface area contributed by atoms with Gasteiger partial charge >= 0.3 is 0 Å². The molecule has 0 aliphatic heterocycles. The number of thioether (sulfide) groups is 1. The number of amides is 1. The summed E-state index contributed by atoms with van der Waals surface area (Å²) in [6, 6.07) is 6.13. The standard InChI is InChI=1S/C13H15BrINOS/c1-18-12-4-2-3-11(12)16-13(17)9-7-8(14)5-6-10(9)15/h5-7,11-12H,2-4H2,1H3,(H,16,17). The molecular formula is C13H15BrINOS. The van der Waals surface area contributed by atoms with Crippen LogP contribution in [0.15, 0.2) is 22.7 Å². The molecule has 0 bridgehead atoms. The average Bonchev–Trinajstić information content (AvgIpc) is 2.79. The van der Waals surface area contributed by atoms with Crippen molar-refractivity contribution in [3.05, 3.63) is 31.8 Å². The quantitative estimate of drug-likeness (QED) is 0.719. The molecule has 1 fully saturated rings. The van der Waals surface area contributed by atoms with Crippen molar-refractivity contribution in [2.24, 2.45) is 0 Å². The number of benzene rings is 1. The monoisotopic (exact) mass is 439 g/mol. The molecule has 1 aliphatic rings. The molecule has 1 aliphatic carbocycles. The van der Waals surface area contributed by atoms with Gasteiger partial charge in [0.2, 0.25) is 0 Å². The molecule has 1 aromatic rings. The van der Waals surface area contributed by atoms with E-state index in [2.05, 4.69) is 50.1 Å². The first-order valence-corrected chi connectivity index (χ1v) is 9.06. The van der Waals surface area contributed by atoms with Gasteiger partial charge in [-0.2, -0.15) is 11.8 Å². The molecule has 0 heterocycles. The Balaban J connectivity index is 2.09. The van der Waals surface area contributed by atoms with Crippen LogP contribution < -0.4 is 5.32 Å². The number of hydrogen-bond acceptors (Lipinski definition) is 2. The summed E-state index contributed by atoms with van der Waals surface area (Å²) in [6.45, 7) is 0. The van der Waals surface area contributed by atoms with Crippen LogP contribution in [-0.4, -0.2) is 23.5 Å². The van der Waals surface area contributed by atoms with Crippen molar-refractivity contribution < 1.29 is 4.79 Å². The maximum Gasteiger partial charge on any atom is 0.252 e. The second-order valence-electron chi connectivity index (χ2n) is 4.41. The second kappa shape index (κ2) is 6.61. The van der Waals surface area contributed by atoms with Gasteiger partial charge in [0.15, 0.2) is 0 Å². The van der Waals surface area contributed by atoms with E-state index in [1.807, 2.05) is 30.0 Å². The van der Waals surface area contributed by atoms with Gasteiger partial charge in [-0.1, -0.05) is 22.4 Å². The molecule has 98 valence electrons. The van der Waals surface area contributed by atoms with Crippen LogP contribution in [0.2, 0.25) is 0 Å². The molecule has 2 atom stereocenters. The predicted octanol–water partition coefficient (Wildman–Crippen LogP) is 4.07. The maximum atomic E-state index is 12.3. The molecule has 1 saturated carbocycles. The molecule has 5 heteroatoms. The highest BCUT2D eigenvalue weighted by Gasteiger charge is 2.28. The molecule has 0 aromatic heterocycles. The van der Waals surface area contributed by atoms with Gasteiger partial charge in [-0.3, -0.25) is 4.79 Å². The van der Waals surface area contributed by atoms with Gasteiger partial charge in [0, 0.05) is 19.3 Å². The first-order valence-electron chi connectivity index (χ1n) is 5.90. The van der Waals surface area contributed by atoms with Crippen molar-refractivity contribution in [2.75, 3.05) is 6.26 Å². The van der Waals surface area contributed by atoms with Crippen molar-refractivity contribution in [3.63, 3.8) is 0 Å². The van der Waals surface area contributed by atoms with Crippen LogP contribution in [0.1, 0.15) is 29.6 Å². The van der Waals surface area contributed by atoms with E-state index in [0.29, 0.717) is 11.3 Å². The smallest absolute Gasteiger partial charge is 0.252 e. The fourth-order valence-corrected chi connectivity index (χ4v) is 4.17. The Bertz CT molecular complexity index is 455. The molecule has 2 unspecified atom stereocenters. The Morgan fingerprint density at radius 2 is 2.28 bits per heavy atom. The number of hydrogen-bond donors (Lipinski definition) is 1. The lowest BCUT2D eigenvalue weighted by Crippen LogP contribution is -2.38. The maximum absolute atomic E-state index is 12.3. The van der Waals surface area contributed by atoms with E-state index in [1.165, 1.54) is 12.8 Å². The van der Waals surface area contributed by atoms with Gasteiger partial charge in [-0.25, -0.2) is 0 Å². The minimum atomic E-state index is 0.0478. The lowest BCUT2D eigenvalue weighted by molar-refractivity contribution is 0.0937. The predicted molar refractivity (Wildman–Crippen MR) is 89.3 cm³/mol. The van der Waals surface area contributed by atoms with Crippen molar-refractivity contribution in [2.45, 2.75) is 30.6 Å². The van der Waals surface area contributed by atoms with E-state index < -0.39 is 0 Å². The lowest BCUT2D eigenvalue weighted by atomic mass is 10.2. The largest absolute Gasteiger partial charge is 0.348 e. The number of carbonyl (C=O) groups excluding carboxylic acids is 1. The summed E-state index contributed by atoms with van der Waals surface area (Å²) in [7, 11) is 0. The highest BCUT2D eigenvalue weighted by molar-refractivity contribution is 14.1. The fraction of sp³-hybridized carbons (Fsp3) is 0.462. The zero-order valence-electron chi connectivity index (χ0n) is 10.1. The summed E-state index contributed by atoms with van der Waals surface area (Å²) >= 11 is 7.48. The minimum absolute atomic E-state index is 0.0478. The SMILES string of the molecule is CSC1CCCC1NC(=O)c1cc(Br)ccc1I. The summed E-state index contributed by atoms with van der Waals surface area (Å²) in [6.07, 6.45) is 5.65. The fourth-order valence-electron chi connectivity index (χ4n) is 2.29. The highest BCUT2D eigenvalue weighted by Crippen LogP contribution is 2.29. The third kappa shape index (κ3) is 3.42. The number of nitrogens with one attached hydrogen (secondary N) is 1. The molecule has 0 radical (unpaired) electrons. The molecule has 1 amide bonds. The van der Waals surface area contributed by atoms with E-state index in [1.54, 1.807) is 0 Å². The van der Waals surface area contributed by atoms with E-state index in [-0.39, 0.29) is 5.91 Å². The topological polar surface area (TPSA) is 29.1 Å². The number of carbonyl (C=O) groups is 1. The van der Waals surface area contributed by atoms with Crippen molar-refractivity contribution in [1.29, 1.82) is 0 Å². The van der Waals surface area contributed by atoms with Crippen LogP contribution in [0.4, 0.5) is 0 Å². The summed E-state index contributed by atoms with van der Waals surface area (Å²) < 4.78 is 1.94. The van der Waals surface area contributed by atoms with Gasteiger partial charge in [-0.05, 0) is 59.9 Å². The lowest BCUT2D eigenvalue weighted by Gasteiger charge is -2.19. The van der Waals surface area contributed by atoms with Gasteiger partial charge < -0.3 is 5.32 Å². The zero-order valence-corrected chi connectivity index (χ0v) is 14.6. The molecule has 0 spiro atoms. The Hall–Kier alpha value is 0.250. The molecule has 2 nitrogen and oxygen atoms in total. The number of rotatable bonds is 3. The average molecular weight is 440 g/mol. The van der Waals surface area contributed by atoms with Crippen LogP contribution in [0.25, 0.3) is 0 Å². The summed E-state index contributed by atoms with van der Waals surface area (Å²) in [5, 5.41) is 3.75. The van der Waals surface area contributed by atoms with Crippen LogP contribution in [0.5, 0.6) is 0 Å². The Morgan fingerprint density at radius 3 is 3.00 bits per heavy atom. The normalized spacial score (nSPS) is 23.1. The van der Waals surface area contributed by atoms with E-state index in [9.17, 15) is 4.79 Å². The molecule has 1 N–H and O–H groups in total. The third-order valence-corrected chi connectivity index (χ3v) is 5.85. The first-order chi connectivity index (χ1) is 8.61. The number of halogens is 2. The summed E-state index contributed by atoms with van der Waals surface area (Å²) in [5.41, 5.74) is 0.761. The Labute approximate surface area is 134 Å². The Kier molecular flexibility index (Phi) is 5.38. The van der Waals surface area contributed by atoms with Crippen molar-refractivity contribution in [3.8, 4) is 0 Å². The van der Waals surface area contributed by atoms with Crippen LogP contribution in [0, 0.1) is 3.57 Å². The summed E-state index contributed by atoms with van der Waals surface area (Å²) in [4.78, 5) is 12.3. The van der Waals surface area contributed by atoms with E-state index in [0.717, 1.165) is 20.0 Å². The van der Waals surface area contributed by atoms with Crippen molar-refractivity contribution in [1.82, 2.24) is 5.32 Å². The van der Waals surface area contributed by atoms with Gasteiger partial charge in [0.05, 0.1) is 5.56 Å². The van der Waals surface area contributed by atoms with Crippen LogP contribution in [0.3, 0.4) is 0 Å². The minimum Gasteiger partial charge on any atom is -0.348 e. The van der Waals surface area contributed by atoms with E-state index >= 15 is 0 Å². The Morgan fingerprint density at radius 1 is 1.50 bits per heavy atom. The van der Waals surface area contributed by atoms with Gasteiger partial charge in [0.1, 0.15) is 0 Å². The summed E-state index contributed by atoms with van der Waals surface area (Å²) in [5.74, 6) is 0.0478. The molecule has 2 rings (SSSR count). The molecule has 18 heavy (non-hydrogen) atoms.